The van der Waals surface area contributed by atoms with Crippen LogP contribution in [0.5, 0.6) is 5.75 Å². The maximum atomic E-state index is 13.7. The van der Waals surface area contributed by atoms with Crippen molar-refractivity contribution in [1.82, 2.24) is 5.32 Å². The van der Waals surface area contributed by atoms with E-state index in [4.69, 9.17) is 9.47 Å². The van der Waals surface area contributed by atoms with Crippen LogP contribution in [-0.4, -0.2) is 71.6 Å². The number of hydrogen-bond donors (Lipinski definition) is 3. The zero-order valence-electron chi connectivity index (χ0n) is 16.6. The van der Waals surface area contributed by atoms with Gasteiger partial charge in [0.15, 0.2) is 11.3 Å². The summed E-state index contributed by atoms with van der Waals surface area (Å²) < 4.78 is 95.7. The quantitative estimate of drug-likeness (QED) is 0.546. The van der Waals surface area contributed by atoms with Crippen LogP contribution in [0, 0.1) is 0 Å². The normalized spacial score (nSPS) is 30.7. The van der Waals surface area contributed by atoms with E-state index in [1.54, 1.807) is 0 Å². The summed E-state index contributed by atoms with van der Waals surface area (Å²) >= 11 is 0.939. The van der Waals surface area contributed by atoms with Gasteiger partial charge in [0.25, 0.3) is 0 Å². The first-order chi connectivity index (χ1) is 14.9. The van der Waals surface area contributed by atoms with Gasteiger partial charge in [-0.3, -0.25) is 4.99 Å². The molecule has 32 heavy (non-hydrogen) atoms. The van der Waals surface area contributed by atoms with E-state index < -0.39 is 66.2 Å². The number of aliphatic imine (C=N–C) groups is 1. The van der Waals surface area contributed by atoms with E-state index in [-0.39, 0.29) is 5.56 Å². The number of ether oxygens (including phenoxy) is 3. The number of methoxy groups -OCH3 is 1. The molecular formula is C18H20F6N2O5S. The smallest absolute Gasteiger partial charge is 0.419 e. The van der Waals surface area contributed by atoms with E-state index in [0.29, 0.717) is 11.2 Å². The van der Waals surface area contributed by atoms with E-state index in [1.165, 1.54) is 7.05 Å². The maximum Gasteiger partial charge on any atom is 0.419 e. The first kappa shape index (κ1) is 24.9. The molecule has 2 aliphatic rings. The molecule has 3 rings (SSSR count). The number of alkyl halides is 6. The Morgan fingerprint density at radius 1 is 1.19 bits per heavy atom. The molecule has 2 heterocycles. The third kappa shape index (κ3) is 5.09. The second-order valence-electron chi connectivity index (χ2n) is 7.07. The van der Waals surface area contributed by atoms with Crippen molar-refractivity contribution in [3.63, 3.8) is 0 Å². The minimum Gasteiger partial charge on any atom is -0.496 e. The van der Waals surface area contributed by atoms with Crippen molar-refractivity contribution >= 4 is 16.9 Å². The number of rotatable bonds is 5. The van der Waals surface area contributed by atoms with E-state index in [2.05, 4.69) is 15.0 Å². The highest BCUT2D eigenvalue weighted by Gasteiger charge is 2.57. The second kappa shape index (κ2) is 9.25. The van der Waals surface area contributed by atoms with Crippen molar-refractivity contribution < 1.29 is 50.8 Å². The Bertz CT molecular complexity index is 852. The van der Waals surface area contributed by atoms with Crippen LogP contribution in [0.25, 0.3) is 0 Å². The van der Waals surface area contributed by atoms with Gasteiger partial charge in [-0.2, -0.15) is 26.3 Å². The Hall–Kier alpha value is -1.74. The van der Waals surface area contributed by atoms with Crippen molar-refractivity contribution in [2.75, 3.05) is 14.2 Å². The molecular weight excluding hydrogens is 470 g/mol. The highest BCUT2D eigenvalue weighted by atomic mass is 32.2. The molecule has 0 aromatic heterocycles. The van der Waals surface area contributed by atoms with Gasteiger partial charge in [-0.15, -0.1) is 0 Å². The fraction of sp³-hybridized carbons (Fsp3) is 0.611. The highest BCUT2D eigenvalue weighted by Crippen LogP contribution is 2.40. The molecule has 0 radical (unpaired) electrons. The molecule has 2 fully saturated rings. The summed E-state index contributed by atoms with van der Waals surface area (Å²) in [6.07, 6.45) is -18.2. The molecule has 0 saturated carbocycles. The summed E-state index contributed by atoms with van der Waals surface area (Å²) in [5.74, 6) is -0.493. The van der Waals surface area contributed by atoms with Gasteiger partial charge in [0.2, 0.25) is 0 Å². The number of hydrogen-bond acceptors (Lipinski definition) is 7. The average molecular weight is 490 g/mol. The number of aliphatic hydroxyl groups is 2. The molecule has 0 spiro atoms. The van der Waals surface area contributed by atoms with Crippen LogP contribution >= 0.6 is 11.8 Å². The van der Waals surface area contributed by atoms with Gasteiger partial charge in [0.1, 0.15) is 29.5 Å². The number of halogens is 6. The minimum atomic E-state index is -5.05. The lowest BCUT2D eigenvalue weighted by Crippen LogP contribution is -2.63. The standard InChI is InChI=1S/C18H20F6N2O5S/c1-25-16-26-10-11(27)12(28)13(31-15(10)32-16)14(18(22,23)24)30-6-7-3-4-9(29-2)8(5-7)17(19,20)21/h3-5,10-15,27-28H,6H2,1-2H3,(H,25,26). The van der Waals surface area contributed by atoms with Crippen molar-refractivity contribution in [2.24, 2.45) is 4.99 Å². The average Bonchev–Trinajstić information content (AvgIpc) is 3.13. The molecule has 2 saturated heterocycles. The molecule has 180 valence electrons. The van der Waals surface area contributed by atoms with Gasteiger partial charge < -0.3 is 29.7 Å². The van der Waals surface area contributed by atoms with Crippen LogP contribution in [0.15, 0.2) is 23.2 Å². The van der Waals surface area contributed by atoms with Gasteiger partial charge in [0.05, 0.1) is 25.3 Å². The van der Waals surface area contributed by atoms with E-state index >= 15 is 0 Å². The van der Waals surface area contributed by atoms with E-state index in [9.17, 15) is 36.6 Å². The Morgan fingerprint density at radius 2 is 1.88 bits per heavy atom. The Kier molecular flexibility index (Phi) is 7.20. The Balaban J connectivity index is 1.81. The van der Waals surface area contributed by atoms with Gasteiger partial charge in [-0.1, -0.05) is 17.8 Å². The predicted molar refractivity (Wildman–Crippen MR) is 101 cm³/mol. The van der Waals surface area contributed by atoms with Crippen molar-refractivity contribution in [3.8, 4) is 5.75 Å². The monoisotopic (exact) mass is 490 g/mol. The zero-order chi connectivity index (χ0) is 23.8. The number of amidine groups is 1. The third-order valence-corrected chi connectivity index (χ3v) is 6.14. The zero-order valence-corrected chi connectivity index (χ0v) is 17.5. The summed E-state index contributed by atoms with van der Waals surface area (Å²) in [6.45, 7) is -0.860. The molecule has 6 atom stereocenters. The Morgan fingerprint density at radius 3 is 2.44 bits per heavy atom. The lowest BCUT2D eigenvalue weighted by molar-refractivity contribution is -0.287. The van der Waals surface area contributed by atoms with Gasteiger partial charge in [-0.25, -0.2) is 0 Å². The molecule has 14 heteroatoms. The lowest BCUT2D eigenvalue weighted by atomic mass is 9.94. The molecule has 6 unspecified atom stereocenters. The highest BCUT2D eigenvalue weighted by molar-refractivity contribution is 8.14. The maximum absolute atomic E-state index is 13.7. The third-order valence-electron chi connectivity index (χ3n) is 4.98. The van der Waals surface area contributed by atoms with Crippen LogP contribution < -0.4 is 10.1 Å². The first-order valence-electron chi connectivity index (χ1n) is 9.20. The van der Waals surface area contributed by atoms with E-state index in [0.717, 1.165) is 31.0 Å². The molecule has 3 N–H and O–H groups in total. The van der Waals surface area contributed by atoms with Crippen LogP contribution in [0.1, 0.15) is 11.1 Å². The van der Waals surface area contributed by atoms with Gasteiger partial charge in [-0.05, 0) is 17.7 Å². The Labute approximate surface area is 182 Å². The summed E-state index contributed by atoms with van der Waals surface area (Å²) in [7, 11) is 2.46. The fourth-order valence-electron chi connectivity index (χ4n) is 3.42. The fourth-order valence-corrected chi connectivity index (χ4v) is 4.51. The first-order valence-corrected chi connectivity index (χ1v) is 10.1. The molecule has 0 aliphatic carbocycles. The topological polar surface area (TPSA) is 92.5 Å². The molecule has 0 amide bonds. The number of thioether (sulfide) groups is 1. The number of nitrogens with one attached hydrogen (secondary N) is 1. The summed E-state index contributed by atoms with van der Waals surface area (Å²) in [5, 5.41) is 23.6. The van der Waals surface area contributed by atoms with Gasteiger partial charge in [0, 0.05) is 7.05 Å². The molecule has 1 aromatic carbocycles. The molecule has 2 aliphatic heterocycles. The summed E-state index contributed by atoms with van der Waals surface area (Å²) in [5.41, 5.74) is -2.35. The van der Waals surface area contributed by atoms with Crippen LogP contribution in [0.4, 0.5) is 26.3 Å². The second-order valence-corrected chi connectivity index (χ2v) is 8.16. The van der Waals surface area contributed by atoms with E-state index in [1.807, 2.05) is 0 Å². The van der Waals surface area contributed by atoms with Crippen molar-refractivity contribution in [1.29, 1.82) is 0 Å². The van der Waals surface area contributed by atoms with Gasteiger partial charge >= 0.3 is 12.4 Å². The number of benzene rings is 1. The number of aliphatic hydroxyl groups excluding tert-OH is 2. The largest absolute Gasteiger partial charge is 0.496 e. The SMILES string of the molecule is CN=C1NC2C(OC(C(OCc3ccc(OC)c(C(F)(F)F)c3)C(F)(F)F)C(O)C2O)S1. The van der Waals surface area contributed by atoms with Crippen LogP contribution in [0.3, 0.4) is 0 Å². The van der Waals surface area contributed by atoms with Crippen molar-refractivity contribution in [2.45, 2.75) is 54.9 Å². The minimum absolute atomic E-state index is 0.201. The number of nitrogens with zero attached hydrogens (tertiary/aromatic N) is 1. The summed E-state index contributed by atoms with van der Waals surface area (Å²) in [4.78, 5) is 3.85. The van der Waals surface area contributed by atoms with Crippen molar-refractivity contribution in [3.05, 3.63) is 29.3 Å². The molecule has 1 aromatic rings. The van der Waals surface area contributed by atoms with Crippen LogP contribution in [0.2, 0.25) is 0 Å². The molecule has 7 nitrogen and oxygen atoms in total. The lowest BCUT2D eigenvalue weighted by Gasteiger charge is -2.42. The van der Waals surface area contributed by atoms with Crippen LogP contribution in [-0.2, 0) is 22.3 Å². The number of fused-ring (bicyclic) bond motifs is 1. The molecule has 0 bridgehead atoms. The predicted octanol–water partition coefficient (Wildman–Crippen LogP) is 2.30. The summed E-state index contributed by atoms with van der Waals surface area (Å²) in [6, 6.07) is 1.83.